The first-order valence-electron chi connectivity index (χ1n) is 10.5. The fourth-order valence-corrected chi connectivity index (χ4v) is 4.68. The number of likely N-dealkylation sites (tertiary alicyclic amines) is 1. The van der Waals surface area contributed by atoms with Crippen molar-refractivity contribution in [2.24, 2.45) is 11.7 Å². The Labute approximate surface area is 190 Å². The zero-order valence-electron chi connectivity index (χ0n) is 18.2. The number of ketones is 1. The summed E-state index contributed by atoms with van der Waals surface area (Å²) in [5.74, 6) is -0.301. The molecule has 172 valence electrons. The van der Waals surface area contributed by atoms with E-state index in [0.717, 1.165) is 36.2 Å². The second kappa shape index (κ2) is 10.6. The van der Waals surface area contributed by atoms with E-state index in [1.165, 1.54) is 19.1 Å². The largest absolute Gasteiger partial charge is 0.341 e. The van der Waals surface area contributed by atoms with Crippen LogP contribution in [0, 0.1) is 18.7 Å². The second-order valence-electron chi connectivity index (χ2n) is 8.05. The lowest BCUT2D eigenvalue weighted by Crippen LogP contribution is -2.52. The quantitative estimate of drug-likeness (QED) is 0.548. The van der Waals surface area contributed by atoms with Crippen molar-refractivity contribution in [2.75, 3.05) is 25.0 Å². The summed E-state index contributed by atoms with van der Waals surface area (Å²) in [7, 11) is 0. The van der Waals surface area contributed by atoms with Gasteiger partial charge in [-0.05, 0) is 49.8 Å². The Morgan fingerprint density at radius 2 is 2.03 bits per heavy atom. The molecule has 1 aromatic carbocycles. The van der Waals surface area contributed by atoms with Crippen LogP contribution in [-0.2, 0) is 11.2 Å². The molecule has 1 aliphatic heterocycles. The topological polar surface area (TPSA) is 117 Å². The van der Waals surface area contributed by atoms with Crippen molar-refractivity contribution in [3.63, 3.8) is 0 Å². The molecule has 0 unspecified atom stereocenters. The van der Waals surface area contributed by atoms with E-state index in [4.69, 9.17) is 5.73 Å². The van der Waals surface area contributed by atoms with Gasteiger partial charge in [0, 0.05) is 26.6 Å². The van der Waals surface area contributed by atoms with Crippen LogP contribution in [0.25, 0.3) is 0 Å². The number of amides is 3. The molecule has 0 radical (unpaired) electrons. The van der Waals surface area contributed by atoms with Crippen molar-refractivity contribution >= 4 is 34.2 Å². The molecular formula is C22H28FN5O3S. The molecular weight excluding hydrogens is 433 g/mol. The SMILES string of the molecule is CC(=O)c1sc(NC(=O)NC[C@@H](N)C(=O)N2CCC[C@@H](Cc3ccc(F)cc3)C2)nc1C. The van der Waals surface area contributed by atoms with Crippen molar-refractivity contribution < 1.29 is 18.8 Å². The molecule has 0 saturated carbocycles. The van der Waals surface area contributed by atoms with Crippen molar-refractivity contribution in [1.82, 2.24) is 15.2 Å². The van der Waals surface area contributed by atoms with E-state index in [2.05, 4.69) is 15.6 Å². The molecule has 0 bridgehead atoms. The maximum Gasteiger partial charge on any atom is 0.321 e. The molecule has 2 atom stereocenters. The van der Waals surface area contributed by atoms with Crippen LogP contribution < -0.4 is 16.4 Å². The van der Waals surface area contributed by atoms with Crippen molar-refractivity contribution in [2.45, 2.75) is 39.2 Å². The molecule has 1 aliphatic rings. The van der Waals surface area contributed by atoms with Crippen LogP contribution in [0.4, 0.5) is 14.3 Å². The van der Waals surface area contributed by atoms with Crippen LogP contribution in [0.15, 0.2) is 24.3 Å². The summed E-state index contributed by atoms with van der Waals surface area (Å²) in [6.45, 7) is 4.34. The molecule has 1 fully saturated rings. The van der Waals surface area contributed by atoms with Crippen molar-refractivity contribution in [3.05, 3.63) is 46.2 Å². The summed E-state index contributed by atoms with van der Waals surface area (Å²) in [5.41, 5.74) is 7.64. The number of thiazole rings is 1. The van der Waals surface area contributed by atoms with E-state index in [-0.39, 0.29) is 30.0 Å². The first-order valence-corrected chi connectivity index (χ1v) is 11.4. The van der Waals surface area contributed by atoms with Crippen molar-refractivity contribution in [3.8, 4) is 0 Å². The normalized spacial score (nSPS) is 17.0. The highest BCUT2D eigenvalue weighted by molar-refractivity contribution is 7.17. The molecule has 3 amide bonds. The number of aryl methyl sites for hydroxylation is 1. The maximum absolute atomic E-state index is 13.1. The summed E-state index contributed by atoms with van der Waals surface area (Å²) in [6, 6.07) is 5.03. The molecule has 0 spiro atoms. The minimum absolute atomic E-state index is 0.0201. The molecule has 1 saturated heterocycles. The third-order valence-electron chi connectivity index (χ3n) is 5.40. The van der Waals surface area contributed by atoms with E-state index in [1.54, 1.807) is 24.0 Å². The van der Waals surface area contributed by atoms with Crippen LogP contribution in [0.3, 0.4) is 0 Å². The molecule has 10 heteroatoms. The number of Topliss-reactive ketones (excluding diaryl/α,β-unsaturated/α-hetero) is 1. The van der Waals surface area contributed by atoms with Gasteiger partial charge >= 0.3 is 6.03 Å². The lowest BCUT2D eigenvalue weighted by atomic mass is 9.91. The molecule has 2 aromatic rings. The van der Waals surface area contributed by atoms with Crippen molar-refractivity contribution in [1.29, 1.82) is 0 Å². The van der Waals surface area contributed by atoms with Gasteiger partial charge in [-0.1, -0.05) is 23.5 Å². The third kappa shape index (κ3) is 6.33. The van der Waals surface area contributed by atoms with Gasteiger partial charge in [0.2, 0.25) is 5.91 Å². The Morgan fingerprint density at radius 1 is 1.31 bits per heavy atom. The third-order valence-corrected chi connectivity index (χ3v) is 6.58. The number of carbonyl (C=O) groups excluding carboxylic acids is 3. The lowest BCUT2D eigenvalue weighted by Gasteiger charge is -2.34. The minimum Gasteiger partial charge on any atom is -0.341 e. The lowest BCUT2D eigenvalue weighted by molar-refractivity contribution is -0.134. The van der Waals surface area contributed by atoms with Gasteiger partial charge in [-0.3, -0.25) is 14.9 Å². The molecule has 8 nitrogen and oxygen atoms in total. The number of hydrogen-bond acceptors (Lipinski definition) is 6. The van der Waals surface area contributed by atoms with E-state index < -0.39 is 12.1 Å². The fourth-order valence-electron chi connectivity index (χ4n) is 3.83. The highest BCUT2D eigenvalue weighted by Gasteiger charge is 2.27. The number of anilines is 1. The van der Waals surface area contributed by atoms with Gasteiger partial charge in [0.05, 0.1) is 10.6 Å². The number of urea groups is 1. The number of nitrogens with zero attached hydrogens (tertiary/aromatic N) is 2. The molecule has 1 aromatic heterocycles. The summed E-state index contributed by atoms with van der Waals surface area (Å²) < 4.78 is 13.1. The first-order chi connectivity index (χ1) is 15.2. The summed E-state index contributed by atoms with van der Waals surface area (Å²) in [4.78, 5) is 42.8. The van der Waals surface area contributed by atoms with Crippen LogP contribution in [-0.4, -0.2) is 53.3 Å². The zero-order chi connectivity index (χ0) is 23.3. The van der Waals surface area contributed by atoms with Crippen LogP contribution in [0.2, 0.25) is 0 Å². The number of halogens is 1. The van der Waals surface area contributed by atoms with E-state index in [1.807, 2.05) is 0 Å². The number of aromatic nitrogens is 1. The van der Waals surface area contributed by atoms with Crippen LogP contribution in [0.5, 0.6) is 0 Å². The number of nitrogens with one attached hydrogen (secondary N) is 2. The molecule has 32 heavy (non-hydrogen) atoms. The molecule has 3 rings (SSSR count). The van der Waals surface area contributed by atoms with Gasteiger partial charge in [0.1, 0.15) is 11.9 Å². The first kappa shape index (κ1) is 23.8. The summed E-state index contributed by atoms with van der Waals surface area (Å²) in [5, 5.41) is 5.47. The van der Waals surface area contributed by atoms with Crippen LogP contribution in [0.1, 0.15) is 40.7 Å². The maximum atomic E-state index is 13.1. The Bertz CT molecular complexity index is 978. The number of benzene rings is 1. The Kier molecular flexibility index (Phi) is 7.92. The van der Waals surface area contributed by atoms with Gasteiger partial charge in [-0.15, -0.1) is 0 Å². The van der Waals surface area contributed by atoms with E-state index in [9.17, 15) is 18.8 Å². The monoisotopic (exact) mass is 461 g/mol. The van der Waals surface area contributed by atoms with Gasteiger partial charge in [0.25, 0.3) is 0 Å². The number of nitrogens with two attached hydrogens (primary N) is 1. The predicted octanol–water partition coefficient (Wildman–Crippen LogP) is 2.72. The Hall–Kier alpha value is -2.85. The molecule has 2 heterocycles. The van der Waals surface area contributed by atoms with Gasteiger partial charge < -0.3 is 16.0 Å². The highest BCUT2D eigenvalue weighted by atomic mass is 32.1. The summed E-state index contributed by atoms with van der Waals surface area (Å²) in [6.07, 6.45) is 2.64. The second-order valence-corrected chi connectivity index (χ2v) is 9.05. The van der Waals surface area contributed by atoms with Gasteiger partial charge in [0.15, 0.2) is 10.9 Å². The number of rotatable bonds is 7. The number of piperidine rings is 1. The standard InChI is InChI=1S/C22H28FN5O3S/c1-13-19(14(2)29)32-22(26-13)27-21(31)25-11-18(24)20(30)28-9-3-4-16(12-28)10-15-5-7-17(23)8-6-15/h5-8,16,18H,3-4,9-12,24H2,1-2H3,(H2,25,26,27,31)/t16-,18+/m0/s1. The van der Waals surface area contributed by atoms with E-state index >= 15 is 0 Å². The average molecular weight is 462 g/mol. The predicted molar refractivity (Wildman–Crippen MR) is 121 cm³/mol. The minimum atomic E-state index is -0.865. The van der Waals surface area contributed by atoms with Gasteiger partial charge in [-0.25, -0.2) is 14.2 Å². The number of hydrogen-bond donors (Lipinski definition) is 3. The fraction of sp³-hybridized carbons (Fsp3) is 0.455. The molecule has 4 N–H and O–H groups in total. The average Bonchev–Trinajstić information content (AvgIpc) is 3.13. The smallest absolute Gasteiger partial charge is 0.321 e. The van der Waals surface area contributed by atoms with Crippen LogP contribution >= 0.6 is 11.3 Å². The van der Waals surface area contributed by atoms with E-state index in [0.29, 0.717) is 28.8 Å². The Balaban J connectivity index is 1.47. The molecule has 0 aliphatic carbocycles. The number of carbonyl (C=O) groups is 3. The van der Waals surface area contributed by atoms with Gasteiger partial charge in [-0.2, -0.15) is 0 Å². The summed E-state index contributed by atoms with van der Waals surface area (Å²) >= 11 is 1.10. The highest BCUT2D eigenvalue weighted by Crippen LogP contribution is 2.23. The Morgan fingerprint density at radius 3 is 2.69 bits per heavy atom. The zero-order valence-corrected chi connectivity index (χ0v) is 19.0.